The van der Waals surface area contributed by atoms with Crippen LogP contribution in [-0.4, -0.2) is 49.5 Å². The number of anilines is 2. The van der Waals surface area contributed by atoms with Crippen LogP contribution in [0.2, 0.25) is 0 Å². The number of aromatic nitrogens is 2. The Hall–Kier alpha value is -3.85. The van der Waals surface area contributed by atoms with E-state index < -0.39 is 10.0 Å². The lowest BCUT2D eigenvalue weighted by Gasteiger charge is -2.30. The minimum absolute atomic E-state index is 0.0412. The number of hydrogen-bond acceptors (Lipinski definition) is 6. The highest BCUT2D eigenvalue weighted by Gasteiger charge is 2.25. The molecule has 0 aliphatic heterocycles. The maximum Gasteiger partial charge on any atom is 0.267 e. The normalized spacial score (nSPS) is 17.8. The van der Waals surface area contributed by atoms with Crippen LogP contribution in [0.4, 0.5) is 11.5 Å². The van der Waals surface area contributed by atoms with Gasteiger partial charge in [-0.1, -0.05) is 35.9 Å². The predicted octanol–water partition coefficient (Wildman–Crippen LogP) is 4.80. The number of aryl methyl sites for hydroxylation is 1. The van der Waals surface area contributed by atoms with E-state index >= 15 is 0 Å². The molecule has 5 rings (SSSR count). The minimum Gasteiger partial charge on any atom is -0.377 e. The zero-order valence-corrected chi connectivity index (χ0v) is 22.7. The summed E-state index contributed by atoms with van der Waals surface area (Å²) in [5, 5.41) is 7.80. The van der Waals surface area contributed by atoms with E-state index in [1.54, 1.807) is 30.3 Å². The van der Waals surface area contributed by atoms with Gasteiger partial charge >= 0.3 is 0 Å². The monoisotopic (exact) mass is 531 g/mol. The molecular weight excluding hydrogens is 498 g/mol. The number of carbonyl (C=O) groups is 1. The summed E-state index contributed by atoms with van der Waals surface area (Å²) >= 11 is 0. The Kier molecular flexibility index (Phi) is 7.12. The standard InChI is InChI=1S/C29H33N5O3S/c1-20-8-14-24(15-9-20)38(36,37)34-17-16-21(19-34)29(35)31-23-12-10-22(11-13-23)30-28-18-27(33(2)3)25-6-4-5-7-26(25)32-28/h4-9,14-19,22-23H,10-13H2,1-3H3,(H,30,32)(H,31,35). The van der Waals surface area contributed by atoms with Gasteiger partial charge in [-0.05, 0) is 56.9 Å². The summed E-state index contributed by atoms with van der Waals surface area (Å²) in [5.41, 5.74) is 3.39. The molecule has 38 heavy (non-hydrogen) atoms. The van der Waals surface area contributed by atoms with Gasteiger partial charge in [-0.25, -0.2) is 17.4 Å². The van der Waals surface area contributed by atoms with Crippen LogP contribution in [0.15, 0.2) is 78.0 Å². The first kappa shape index (κ1) is 25.8. The molecule has 2 heterocycles. The molecule has 1 aliphatic carbocycles. The quantitative estimate of drug-likeness (QED) is 0.356. The first-order valence-corrected chi connectivity index (χ1v) is 14.3. The Bertz CT molecular complexity index is 1550. The molecule has 8 nitrogen and oxygen atoms in total. The van der Waals surface area contributed by atoms with Gasteiger partial charge < -0.3 is 15.5 Å². The largest absolute Gasteiger partial charge is 0.377 e. The first-order chi connectivity index (χ1) is 18.2. The van der Waals surface area contributed by atoms with Crippen LogP contribution < -0.4 is 15.5 Å². The smallest absolute Gasteiger partial charge is 0.267 e. The van der Waals surface area contributed by atoms with Crippen molar-refractivity contribution in [1.29, 1.82) is 0 Å². The number of nitrogens with zero attached hydrogens (tertiary/aromatic N) is 3. The number of rotatable bonds is 7. The predicted molar refractivity (Wildman–Crippen MR) is 151 cm³/mol. The summed E-state index contributed by atoms with van der Waals surface area (Å²) in [6.07, 6.45) is 6.27. The van der Waals surface area contributed by atoms with Crippen molar-refractivity contribution in [3.63, 3.8) is 0 Å². The van der Waals surface area contributed by atoms with Crippen LogP contribution in [0.1, 0.15) is 41.6 Å². The number of fused-ring (bicyclic) bond motifs is 1. The van der Waals surface area contributed by atoms with Crippen LogP contribution in [0.25, 0.3) is 10.9 Å². The fourth-order valence-corrected chi connectivity index (χ4v) is 6.15. The molecule has 0 radical (unpaired) electrons. The lowest BCUT2D eigenvalue weighted by Crippen LogP contribution is -2.40. The average molecular weight is 532 g/mol. The number of pyridine rings is 1. The topological polar surface area (TPSA) is 96.3 Å². The van der Waals surface area contributed by atoms with Crippen LogP contribution in [-0.2, 0) is 10.0 Å². The van der Waals surface area contributed by atoms with Crippen molar-refractivity contribution in [1.82, 2.24) is 14.3 Å². The van der Waals surface area contributed by atoms with Gasteiger partial charge in [-0.2, -0.15) is 0 Å². The lowest BCUT2D eigenvalue weighted by molar-refractivity contribution is 0.0926. The van der Waals surface area contributed by atoms with Crippen molar-refractivity contribution in [2.45, 2.75) is 49.6 Å². The van der Waals surface area contributed by atoms with Crippen molar-refractivity contribution in [2.75, 3.05) is 24.3 Å². The molecule has 1 aliphatic rings. The number of nitrogens with one attached hydrogen (secondary N) is 2. The Labute approximate surface area is 223 Å². The molecule has 0 atom stereocenters. The number of hydrogen-bond donors (Lipinski definition) is 2. The maximum atomic E-state index is 12.9. The highest BCUT2D eigenvalue weighted by molar-refractivity contribution is 7.90. The van der Waals surface area contributed by atoms with Crippen molar-refractivity contribution >= 4 is 38.3 Å². The fourth-order valence-electron chi connectivity index (χ4n) is 4.95. The van der Waals surface area contributed by atoms with E-state index in [1.807, 2.05) is 39.2 Å². The molecule has 2 N–H and O–H groups in total. The summed E-state index contributed by atoms with van der Waals surface area (Å²) < 4.78 is 26.9. The molecule has 1 amide bonds. The van der Waals surface area contributed by atoms with E-state index in [2.05, 4.69) is 27.7 Å². The number of benzene rings is 2. The summed E-state index contributed by atoms with van der Waals surface area (Å²) in [7, 11) is 0.325. The second-order valence-corrected chi connectivity index (χ2v) is 12.0. The van der Waals surface area contributed by atoms with Crippen LogP contribution in [0, 0.1) is 6.92 Å². The van der Waals surface area contributed by atoms with E-state index in [1.165, 1.54) is 12.4 Å². The van der Waals surface area contributed by atoms with Gasteiger partial charge in [0.1, 0.15) is 5.82 Å². The highest BCUT2D eigenvalue weighted by atomic mass is 32.2. The average Bonchev–Trinajstić information content (AvgIpc) is 3.41. The van der Waals surface area contributed by atoms with Gasteiger partial charge in [0.25, 0.3) is 15.9 Å². The maximum absolute atomic E-state index is 12.9. The summed E-state index contributed by atoms with van der Waals surface area (Å²) in [5.74, 6) is 0.599. The van der Waals surface area contributed by atoms with Crippen molar-refractivity contribution < 1.29 is 13.2 Å². The molecule has 0 bridgehead atoms. The lowest BCUT2D eigenvalue weighted by atomic mass is 9.91. The Morgan fingerprint density at radius 1 is 0.974 bits per heavy atom. The van der Waals surface area contributed by atoms with Gasteiger partial charge in [0.15, 0.2) is 0 Å². The molecule has 4 aromatic rings. The molecule has 1 fully saturated rings. The van der Waals surface area contributed by atoms with Gasteiger partial charge in [-0.3, -0.25) is 4.79 Å². The summed E-state index contributed by atoms with van der Waals surface area (Å²) in [6, 6.07) is 18.7. The van der Waals surface area contributed by atoms with Gasteiger partial charge in [0.2, 0.25) is 0 Å². The van der Waals surface area contributed by atoms with E-state index in [9.17, 15) is 13.2 Å². The molecule has 2 aromatic heterocycles. The number of para-hydroxylation sites is 1. The van der Waals surface area contributed by atoms with Gasteiger partial charge in [0.05, 0.1) is 16.0 Å². The van der Waals surface area contributed by atoms with Crippen LogP contribution >= 0.6 is 0 Å². The first-order valence-electron chi connectivity index (χ1n) is 12.9. The minimum atomic E-state index is -3.74. The highest BCUT2D eigenvalue weighted by Crippen LogP contribution is 2.29. The van der Waals surface area contributed by atoms with E-state index in [4.69, 9.17) is 4.98 Å². The zero-order chi connectivity index (χ0) is 26.9. The molecule has 0 saturated heterocycles. The van der Waals surface area contributed by atoms with Crippen molar-refractivity contribution in [3.8, 4) is 0 Å². The fraction of sp³-hybridized carbons (Fsp3) is 0.310. The molecular formula is C29H33N5O3S. The summed E-state index contributed by atoms with van der Waals surface area (Å²) in [4.78, 5) is 20.0. The molecule has 198 valence electrons. The molecule has 0 unspecified atom stereocenters. The van der Waals surface area contributed by atoms with Crippen molar-refractivity contribution in [2.24, 2.45) is 0 Å². The molecule has 1 saturated carbocycles. The van der Waals surface area contributed by atoms with Crippen LogP contribution in [0.5, 0.6) is 0 Å². The van der Waals surface area contributed by atoms with Crippen molar-refractivity contribution in [3.05, 3.63) is 84.2 Å². The second kappa shape index (κ2) is 10.5. The number of carbonyl (C=O) groups excluding carboxylic acids is 1. The zero-order valence-electron chi connectivity index (χ0n) is 21.9. The van der Waals surface area contributed by atoms with E-state index in [0.717, 1.165) is 57.6 Å². The molecule has 0 spiro atoms. The third-order valence-corrected chi connectivity index (χ3v) is 8.77. The number of amides is 1. The van der Waals surface area contributed by atoms with Crippen LogP contribution in [0.3, 0.4) is 0 Å². The van der Waals surface area contributed by atoms with E-state index in [0.29, 0.717) is 5.56 Å². The Morgan fingerprint density at radius 3 is 2.37 bits per heavy atom. The third-order valence-electron chi connectivity index (χ3n) is 7.12. The third kappa shape index (κ3) is 5.38. The van der Waals surface area contributed by atoms with Gasteiger partial charge in [0, 0.05) is 55.7 Å². The van der Waals surface area contributed by atoms with E-state index in [-0.39, 0.29) is 22.9 Å². The van der Waals surface area contributed by atoms with Gasteiger partial charge in [-0.15, -0.1) is 0 Å². The molecule has 9 heteroatoms. The second-order valence-electron chi connectivity index (χ2n) is 10.2. The Balaban J connectivity index is 1.19. The Morgan fingerprint density at radius 2 is 1.66 bits per heavy atom. The molecule has 2 aromatic carbocycles. The summed E-state index contributed by atoms with van der Waals surface area (Å²) in [6.45, 7) is 1.90. The SMILES string of the molecule is Cc1ccc(S(=O)(=O)n2ccc(C(=O)NC3CCC(Nc4cc(N(C)C)c5ccccc5n4)CC3)c2)cc1.